The number of aromatic nitrogens is 2. The molecular formula is C22H30N6O3. The van der Waals surface area contributed by atoms with Crippen LogP contribution in [-0.4, -0.2) is 71.0 Å². The number of aryl methyl sites for hydroxylation is 2. The van der Waals surface area contributed by atoms with Crippen molar-refractivity contribution in [3.05, 3.63) is 34.8 Å². The lowest BCUT2D eigenvalue weighted by Gasteiger charge is -2.30. The molecule has 1 fully saturated rings. The molecule has 9 nitrogen and oxygen atoms in total. The molecule has 4 heterocycles. The molecule has 0 bridgehead atoms. The third-order valence-corrected chi connectivity index (χ3v) is 6.16. The number of carbonyl (C=O) groups is 2. The summed E-state index contributed by atoms with van der Waals surface area (Å²) in [5, 5.41) is 7.04. The van der Waals surface area contributed by atoms with Gasteiger partial charge in [0.15, 0.2) is 5.82 Å². The van der Waals surface area contributed by atoms with Crippen LogP contribution in [0, 0.1) is 13.8 Å². The van der Waals surface area contributed by atoms with E-state index in [1.807, 2.05) is 25.7 Å². The van der Waals surface area contributed by atoms with E-state index in [-0.39, 0.29) is 18.4 Å². The fraction of sp³-hybridized carbons (Fsp3) is 0.545. The summed E-state index contributed by atoms with van der Waals surface area (Å²) in [5.41, 5.74) is 2.73. The van der Waals surface area contributed by atoms with E-state index in [0.717, 1.165) is 30.9 Å². The first-order chi connectivity index (χ1) is 15.0. The molecule has 0 radical (unpaired) electrons. The molecule has 0 spiro atoms. The summed E-state index contributed by atoms with van der Waals surface area (Å²) in [6, 6.07) is 1.77. The highest BCUT2D eigenvalue weighted by Gasteiger charge is 2.29. The zero-order valence-corrected chi connectivity index (χ0v) is 18.5. The van der Waals surface area contributed by atoms with Crippen LogP contribution < -0.4 is 10.2 Å². The maximum Gasteiger partial charge on any atom is 0.255 e. The average molecular weight is 427 g/mol. The fourth-order valence-electron chi connectivity index (χ4n) is 4.21. The van der Waals surface area contributed by atoms with E-state index < -0.39 is 0 Å². The molecule has 166 valence electrons. The van der Waals surface area contributed by atoms with Crippen LogP contribution in [0.1, 0.15) is 47.1 Å². The van der Waals surface area contributed by atoms with Crippen molar-refractivity contribution in [3.8, 4) is 0 Å². The first kappa shape index (κ1) is 21.3. The molecule has 2 aliphatic rings. The van der Waals surface area contributed by atoms with Gasteiger partial charge in [0.1, 0.15) is 5.76 Å². The van der Waals surface area contributed by atoms with Crippen LogP contribution in [0.15, 0.2) is 16.8 Å². The highest BCUT2D eigenvalue weighted by atomic mass is 16.5. The van der Waals surface area contributed by atoms with Crippen LogP contribution in [0.3, 0.4) is 0 Å². The second-order valence-electron chi connectivity index (χ2n) is 8.16. The van der Waals surface area contributed by atoms with Crippen LogP contribution in [0.25, 0.3) is 0 Å². The Balaban J connectivity index is 1.56. The molecule has 0 aliphatic carbocycles. The predicted molar refractivity (Wildman–Crippen MR) is 117 cm³/mol. The number of hydrogen-bond donors (Lipinski definition) is 1. The Morgan fingerprint density at radius 3 is 2.74 bits per heavy atom. The van der Waals surface area contributed by atoms with Gasteiger partial charge in [-0.2, -0.15) is 0 Å². The number of nitrogens with one attached hydrogen (secondary N) is 1. The molecule has 1 saturated heterocycles. The summed E-state index contributed by atoms with van der Waals surface area (Å²) in [7, 11) is 0. The van der Waals surface area contributed by atoms with E-state index in [9.17, 15) is 9.59 Å². The monoisotopic (exact) mass is 426 g/mol. The fourth-order valence-corrected chi connectivity index (χ4v) is 4.21. The van der Waals surface area contributed by atoms with Crippen LogP contribution in [0.2, 0.25) is 0 Å². The normalized spacial score (nSPS) is 16.4. The van der Waals surface area contributed by atoms with E-state index in [1.165, 1.54) is 12.8 Å². The van der Waals surface area contributed by atoms with E-state index in [2.05, 4.69) is 20.4 Å². The number of pyridine rings is 1. The maximum absolute atomic E-state index is 13.2. The lowest BCUT2D eigenvalue weighted by molar-refractivity contribution is -0.117. The Bertz CT molecular complexity index is 947. The Labute approximate surface area is 182 Å². The van der Waals surface area contributed by atoms with Crippen molar-refractivity contribution >= 4 is 23.3 Å². The highest BCUT2D eigenvalue weighted by Crippen LogP contribution is 2.31. The minimum Gasteiger partial charge on any atom is -0.361 e. The summed E-state index contributed by atoms with van der Waals surface area (Å²) in [4.78, 5) is 36.3. The number of nitrogens with zero attached hydrogens (tertiary/aromatic N) is 5. The average Bonchev–Trinajstić information content (AvgIpc) is 3.40. The molecular weight excluding hydrogens is 396 g/mol. The van der Waals surface area contributed by atoms with Gasteiger partial charge < -0.3 is 24.5 Å². The maximum atomic E-state index is 13.2. The minimum absolute atomic E-state index is 0.0627. The molecule has 2 aromatic heterocycles. The van der Waals surface area contributed by atoms with Crippen LogP contribution in [0.5, 0.6) is 0 Å². The smallest absolute Gasteiger partial charge is 0.255 e. The van der Waals surface area contributed by atoms with Gasteiger partial charge in [0.25, 0.3) is 5.91 Å². The van der Waals surface area contributed by atoms with Crippen molar-refractivity contribution in [2.45, 2.75) is 40.2 Å². The highest BCUT2D eigenvalue weighted by molar-refractivity contribution is 6.04. The number of likely N-dealkylation sites (tertiary alicyclic amines) is 1. The van der Waals surface area contributed by atoms with Gasteiger partial charge in [-0.05, 0) is 52.8 Å². The van der Waals surface area contributed by atoms with E-state index in [0.29, 0.717) is 42.5 Å². The standard InChI is InChI=1S/C22H30N6O3/c1-4-27(10-9-26-7-5-6-8-26)22(30)17-11-19-21(23-12-17)24-13-20(29)28(19)14-18-15(2)25-31-16(18)3/h11-12H,4-10,13-14H2,1-3H3,(H,23,24). The zero-order chi connectivity index (χ0) is 22.0. The molecule has 1 N–H and O–H groups in total. The predicted octanol–water partition coefficient (Wildman–Crippen LogP) is 2.20. The number of likely N-dealkylation sites (N-methyl/N-ethyl adjacent to an activating group) is 1. The third-order valence-electron chi connectivity index (χ3n) is 6.16. The van der Waals surface area contributed by atoms with E-state index in [4.69, 9.17) is 4.52 Å². The first-order valence-corrected chi connectivity index (χ1v) is 11.0. The lowest BCUT2D eigenvalue weighted by atomic mass is 10.1. The van der Waals surface area contributed by atoms with Crippen molar-refractivity contribution in [2.24, 2.45) is 0 Å². The number of hydrogen-bond acceptors (Lipinski definition) is 7. The number of amides is 2. The quantitative estimate of drug-likeness (QED) is 0.725. The molecule has 4 rings (SSSR count). The molecule has 2 aliphatic heterocycles. The van der Waals surface area contributed by atoms with Crippen molar-refractivity contribution in [1.82, 2.24) is 19.9 Å². The number of rotatable bonds is 7. The molecule has 9 heteroatoms. The van der Waals surface area contributed by atoms with Gasteiger partial charge in [-0.15, -0.1) is 0 Å². The molecule has 0 aromatic carbocycles. The third kappa shape index (κ3) is 4.41. The number of carbonyl (C=O) groups excluding carboxylic acids is 2. The second-order valence-corrected chi connectivity index (χ2v) is 8.16. The van der Waals surface area contributed by atoms with Gasteiger partial charge >= 0.3 is 0 Å². The number of fused-ring (bicyclic) bond motifs is 1. The van der Waals surface area contributed by atoms with Crippen molar-refractivity contribution in [2.75, 3.05) is 49.5 Å². The molecule has 2 aromatic rings. The summed E-state index contributed by atoms with van der Waals surface area (Å²) in [5.74, 6) is 1.14. The lowest BCUT2D eigenvalue weighted by Crippen LogP contribution is -2.41. The van der Waals surface area contributed by atoms with Gasteiger partial charge in [0.05, 0.1) is 30.0 Å². The van der Waals surface area contributed by atoms with E-state index >= 15 is 0 Å². The summed E-state index contributed by atoms with van der Waals surface area (Å²) in [6.45, 7) is 10.6. The molecule has 0 saturated carbocycles. The largest absolute Gasteiger partial charge is 0.361 e. The van der Waals surface area contributed by atoms with Crippen molar-refractivity contribution < 1.29 is 14.1 Å². The van der Waals surface area contributed by atoms with Crippen molar-refractivity contribution in [1.29, 1.82) is 0 Å². The summed E-state index contributed by atoms with van der Waals surface area (Å²) < 4.78 is 5.25. The molecule has 2 amide bonds. The molecule has 0 atom stereocenters. The SMILES string of the molecule is CCN(CCN1CCCC1)C(=O)c1cnc2c(c1)N(Cc1c(C)noc1C)C(=O)CN2. The summed E-state index contributed by atoms with van der Waals surface area (Å²) >= 11 is 0. The van der Waals surface area contributed by atoms with Gasteiger partial charge in [-0.1, -0.05) is 5.16 Å². The second kappa shape index (κ2) is 9.05. The first-order valence-electron chi connectivity index (χ1n) is 11.0. The molecule has 0 unspecified atom stereocenters. The Hall–Kier alpha value is -2.94. The Morgan fingerprint density at radius 2 is 2.06 bits per heavy atom. The van der Waals surface area contributed by atoms with Crippen molar-refractivity contribution in [3.63, 3.8) is 0 Å². The molecule has 31 heavy (non-hydrogen) atoms. The van der Waals surface area contributed by atoms with Gasteiger partial charge in [-0.25, -0.2) is 4.98 Å². The van der Waals surface area contributed by atoms with Crippen LogP contribution >= 0.6 is 0 Å². The number of anilines is 2. The van der Waals surface area contributed by atoms with Gasteiger partial charge in [-0.3, -0.25) is 9.59 Å². The van der Waals surface area contributed by atoms with Gasteiger partial charge in [0.2, 0.25) is 5.91 Å². The van der Waals surface area contributed by atoms with Gasteiger partial charge in [0, 0.05) is 31.4 Å². The summed E-state index contributed by atoms with van der Waals surface area (Å²) in [6.07, 6.45) is 4.06. The zero-order valence-electron chi connectivity index (χ0n) is 18.5. The minimum atomic E-state index is -0.0831. The van der Waals surface area contributed by atoms with Crippen LogP contribution in [0.4, 0.5) is 11.5 Å². The topological polar surface area (TPSA) is 94.8 Å². The van der Waals surface area contributed by atoms with E-state index in [1.54, 1.807) is 17.2 Å². The van der Waals surface area contributed by atoms with Crippen LogP contribution in [-0.2, 0) is 11.3 Å². The Morgan fingerprint density at radius 1 is 1.29 bits per heavy atom. The Kier molecular flexibility index (Phi) is 6.22.